The number of hydrogen-bond donors (Lipinski definition) is 0. The third kappa shape index (κ3) is 1.59. The Hall–Kier alpha value is -0.950. The Kier molecular flexibility index (Phi) is 3.07. The van der Waals surface area contributed by atoms with E-state index in [0.717, 1.165) is 25.0 Å². The molecule has 0 aromatic rings. The fraction of sp³-hybridized carbons (Fsp3) is 0.833. The zero-order valence-corrected chi connectivity index (χ0v) is 14.2. The second-order valence-corrected chi connectivity index (χ2v) is 8.10. The van der Waals surface area contributed by atoms with Crippen LogP contribution in [0.25, 0.3) is 0 Å². The van der Waals surface area contributed by atoms with Gasteiger partial charge in [-0.25, -0.2) is 0 Å². The van der Waals surface area contributed by atoms with Gasteiger partial charge in [0.1, 0.15) is 18.0 Å². The van der Waals surface area contributed by atoms with Gasteiger partial charge in [-0.15, -0.1) is 0 Å². The molecule has 2 aliphatic carbocycles. The SMILES string of the molecule is C[C@@H]1C[C@H]2[C@@H]3CCC(=O)OC3=CC[C@]2(C)[C@]12OCOC21COCO1. The monoisotopic (exact) mass is 336 g/mol. The average molecular weight is 336 g/mol. The Morgan fingerprint density at radius 2 is 2.04 bits per heavy atom. The first-order valence-corrected chi connectivity index (χ1v) is 8.93. The van der Waals surface area contributed by atoms with E-state index in [1.165, 1.54) is 0 Å². The number of esters is 1. The van der Waals surface area contributed by atoms with Crippen LogP contribution in [-0.2, 0) is 28.5 Å². The maximum Gasteiger partial charge on any atom is 0.310 e. The average Bonchev–Trinajstić information content (AvgIpc) is 3.24. The van der Waals surface area contributed by atoms with Crippen LogP contribution >= 0.6 is 0 Å². The van der Waals surface area contributed by atoms with E-state index >= 15 is 0 Å². The second kappa shape index (κ2) is 4.81. The lowest BCUT2D eigenvalue weighted by atomic mass is 9.58. The van der Waals surface area contributed by atoms with Gasteiger partial charge in [0, 0.05) is 17.8 Å². The second-order valence-electron chi connectivity index (χ2n) is 8.10. The highest BCUT2D eigenvalue weighted by atomic mass is 16.9. The molecule has 3 saturated heterocycles. The van der Waals surface area contributed by atoms with Crippen molar-refractivity contribution < 1.29 is 28.5 Å². The number of carbonyl (C=O) groups is 1. The van der Waals surface area contributed by atoms with Gasteiger partial charge >= 0.3 is 5.97 Å². The van der Waals surface area contributed by atoms with E-state index in [-0.39, 0.29) is 36.8 Å². The van der Waals surface area contributed by atoms with Gasteiger partial charge < -0.3 is 23.7 Å². The summed E-state index contributed by atoms with van der Waals surface area (Å²) in [7, 11) is 0. The van der Waals surface area contributed by atoms with Gasteiger partial charge in [-0.05, 0) is 37.2 Å². The molecule has 0 N–H and O–H groups in total. The van der Waals surface area contributed by atoms with Crippen LogP contribution in [0.5, 0.6) is 0 Å². The summed E-state index contributed by atoms with van der Waals surface area (Å²) in [6.45, 7) is 5.43. The molecule has 6 atom stereocenters. The molecule has 24 heavy (non-hydrogen) atoms. The fourth-order valence-corrected chi connectivity index (χ4v) is 6.34. The van der Waals surface area contributed by atoms with Crippen LogP contribution in [0.2, 0.25) is 0 Å². The molecule has 132 valence electrons. The highest BCUT2D eigenvalue weighted by molar-refractivity contribution is 5.72. The molecule has 4 fully saturated rings. The van der Waals surface area contributed by atoms with Crippen molar-refractivity contribution in [1.82, 2.24) is 0 Å². The molecule has 1 saturated carbocycles. The van der Waals surface area contributed by atoms with Crippen LogP contribution in [-0.4, -0.2) is 37.6 Å². The molecule has 3 aliphatic heterocycles. The van der Waals surface area contributed by atoms with E-state index in [1.54, 1.807) is 0 Å². The number of fused-ring (bicyclic) bond motifs is 5. The van der Waals surface area contributed by atoms with Crippen molar-refractivity contribution in [2.24, 2.45) is 23.2 Å². The van der Waals surface area contributed by atoms with Crippen molar-refractivity contribution in [3.05, 3.63) is 11.8 Å². The van der Waals surface area contributed by atoms with E-state index in [0.29, 0.717) is 18.9 Å². The normalized spacial score (nSPS) is 53.2. The third-order valence-corrected chi connectivity index (χ3v) is 7.25. The largest absolute Gasteiger partial charge is 0.431 e. The van der Waals surface area contributed by atoms with Gasteiger partial charge in [0.2, 0.25) is 5.79 Å². The molecule has 6 heteroatoms. The van der Waals surface area contributed by atoms with Crippen LogP contribution in [0.3, 0.4) is 0 Å². The van der Waals surface area contributed by atoms with E-state index < -0.39 is 11.4 Å². The molecule has 5 aliphatic rings. The van der Waals surface area contributed by atoms with Crippen molar-refractivity contribution in [2.45, 2.75) is 50.9 Å². The smallest absolute Gasteiger partial charge is 0.310 e. The summed E-state index contributed by atoms with van der Waals surface area (Å²) in [5, 5.41) is 0. The van der Waals surface area contributed by atoms with E-state index in [4.69, 9.17) is 23.7 Å². The van der Waals surface area contributed by atoms with Crippen LogP contribution < -0.4 is 0 Å². The van der Waals surface area contributed by atoms with Gasteiger partial charge in [0.15, 0.2) is 13.6 Å². The molecular formula is C18H24O6. The molecular weight excluding hydrogens is 312 g/mol. The highest BCUT2D eigenvalue weighted by Crippen LogP contribution is 2.69. The molecule has 0 amide bonds. The maximum atomic E-state index is 11.7. The number of rotatable bonds is 0. The van der Waals surface area contributed by atoms with E-state index in [1.807, 2.05) is 0 Å². The topological polar surface area (TPSA) is 63.2 Å². The van der Waals surface area contributed by atoms with Crippen LogP contribution in [0.4, 0.5) is 0 Å². The third-order valence-electron chi connectivity index (χ3n) is 7.25. The molecule has 2 spiro atoms. The maximum absolute atomic E-state index is 11.7. The van der Waals surface area contributed by atoms with E-state index in [2.05, 4.69) is 19.9 Å². The Bertz CT molecular complexity index is 603. The zero-order chi connectivity index (χ0) is 16.6. The van der Waals surface area contributed by atoms with Gasteiger partial charge in [0.25, 0.3) is 0 Å². The lowest BCUT2D eigenvalue weighted by Crippen LogP contribution is -2.64. The Labute approximate surface area is 141 Å². The molecule has 0 radical (unpaired) electrons. The van der Waals surface area contributed by atoms with Crippen LogP contribution in [0.15, 0.2) is 11.8 Å². The van der Waals surface area contributed by atoms with Crippen molar-refractivity contribution in [3.63, 3.8) is 0 Å². The number of ether oxygens (including phenoxy) is 5. The first-order chi connectivity index (χ1) is 11.5. The Morgan fingerprint density at radius 1 is 1.21 bits per heavy atom. The Morgan fingerprint density at radius 3 is 2.83 bits per heavy atom. The lowest BCUT2D eigenvalue weighted by Gasteiger charge is -2.53. The molecule has 0 aromatic carbocycles. The molecule has 0 bridgehead atoms. The predicted molar refractivity (Wildman–Crippen MR) is 81.3 cm³/mol. The molecule has 3 heterocycles. The van der Waals surface area contributed by atoms with Crippen LogP contribution in [0, 0.1) is 23.2 Å². The Balaban J connectivity index is 1.60. The first kappa shape index (κ1) is 15.3. The fourth-order valence-electron chi connectivity index (χ4n) is 6.34. The summed E-state index contributed by atoms with van der Waals surface area (Å²) in [6.07, 6.45) is 5.28. The quantitative estimate of drug-likeness (QED) is 0.633. The van der Waals surface area contributed by atoms with Gasteiger partial charge in [-0.2, -0.15) is 0 Å². The minimum Gasteiger partial charge on any atom is -0.431 e. The van der Waals surface area contributed by atoms with Crippen molar-refractivity contribution in [1.29, 1.82) is 0 Å². The minimum absolute atomic E-state index is 0.105. The molecule has 6 nitrogen and oxygen atoms in total. The number of hydrogen-bond acceptors (Lipinski definition) is 6. The summed E-state index contributed by atoms with van der Waals surface area (Å²) in [5.74, 6) is 0.908. The van der Waals surface area contributed by atoms with Crippen molar-refractivity contribution in [2.75, 3.05) is 20.2 Å². The summed E-state index contributed by atoms with van der Waals surface area (Å²) < 4.78 is 29.5. The summed E-state index contributed by atoms with van der Waals surface area (Å²) >= 11 is 0. The minimum atomic E-state index is -0.813. The van der Waals surface area contributed by atoms with Crippen molar-refractivity contribution in [3.8, 4) is 0 Å². The molecule has 5 rings (SSSR count). The summed E-state index contributed by atoms with van der Waals surface area (Å²) in [6, 6.07) is 0. The zero-order valence-electron chi connectivity index (χ0n) is 14.2. The van der Waals surface area contributed by atoms with E-state index in [9.17, 15) is 4.79 Å². The summed E-state index contributed by atoms with van der Waals surface area (Å²) in [5.41, 5.74) is -0.654. The van der Waals surface area contributed by atoms with Crippen LogP contribution in [0.1, 0.15) is 39.5 Å². The number of allylic oxidation sites excluding steroid dienone is 2. The number of carbonyl (C=O) groups excluding carboxylic acids is 1. The summed E-state index contributed by atoms with van der Waals surface area (Å²) in [4.78, 5) is 11.7. The highest BCUT2D eigenvalue weighted by Gasteiger charge is 2.77. The first-order valence-electron chi connectivity index (χ1n) is 8.93. The molecule has 1 unspecified atom stereocenters. The lowest BCUT2D eigenvalue weighted by molar-refractivity contribution is -0.252. The van der Waals surface area contributed by atoms with Gasteiger partial charge in [-0.3, -0.25) is 4.79 Å². The van der Waals surface area contributed by atoms with Gasteiger partial charge in [-0.1, -0.05) is 13.8 Å². The van der Waals surface area contributed by atoms with Gasteiger partial charge in [0.05, 0.1) is 0 Å². The van der Waals surface area contributed by atoms with Crippen molar-refractivity contribution >= 4 is 5.97 Å². The predicted octanol–water partition coefficient (Wildman–Crippen LogP) is 2.33. The standard InChI is InChI=1S/C18H24O6/c1-11-7-13-12-3-4-15(19)24-14(12)5-6-16(13,2)18(11)17(22-10-23-18)8-20-9-21-17/h5,11-13H,3-4,6-10H2,1-2H3/t11-,12+,13+,16+,17?,18-/m1/s1. The molecule has 0 aromatic heterocycles.